The van der Waals surface area contributed by atoms with Gasteiger partial charge in [0.1, 0.15) is 5.75 Å². The average Bonchev–Trinajstić information content (AvgIpc) is 2.85. The van der Waals surface area contributed by atoms with E-state index >= 15 is 0 Å². The highest BCUT2D eigenvalue weighted by atomic mass is 35.5. The van der Waals surface area contributed by atoms with Crippen LogP contribution in [0.1, 0.15) is 24.8 Å². The minimum Gasteiger partial charge on any atom is -0.506 e. The highest BCUT2D eigenvalue weighted by molar-refractivity contribution is 6.35. The Balaban J connectivity index is 1.74. The van der Waals surface area contributed by atoms with Gasteiger partial charge in [-0.3, -0.25) is 4.90 Å². The standard InChI is InChI=1S/C14H17Cl2NO/c15-12-4-11(14(18)13(16)5-12)8-17-6-9-2-1-3-10(9)7-17/h4-5,9-10,18H,1-3,6-8H2. The SMILES string of the molecule is Oc1c(Cl)cc(Cl)cc1CN1CC2CCCC2C1. The highest BCUT2D eigenvalue weighted by Crippen LogP contribution is 2.39. The van der Waals surface area contributed by atoms with Crippen molar-refractivity contribution in [2.45, 2.75) is 25.8 Å². The van der Waals surface area contributed by atoms with Gasteiger partial charge in [-0.2, -0.15) is 0 Å². The molecule has 98 valence electrons. The van der Waals surface area contributed by atoms with E-state index in [0.717, 1.165) is 37.0 Å². The molecule has 1 aromatic carbocycles. The van der Waals surface area contributed by atoms with E-state index < -0.39 is 0 Å². The maximum Gasteiger partial charge on any atom is 0.138 e. The zero-order valence-corrected chi connectivity index (χ0v) is 11.7. The number of halogens is 2. The van der Waals surface area contributed by atoms with Gasteiger partial charge in [-0.15, -0.1) is 0 Å². The highest BCUT2D eigenvalue weighted by Gasteiger charge is 2.36. The van der Waals surface area contributed by atoms with Crippen LogP contribution < -0.4 is 0 Å². The van der Waals surface area contributed by atoms with Crippen molar-refractivity contribution in [3.8, 4) is 5.75 Å². The Morgan fingerprint density at radius 2 is 1.83 bits per heavy atom. The van der Waals surface area contributed by atoms with E-state index in [1.807, 2.05) is 6.07 Å². The fraction of sp³-hybridized carbons (Fsp3) is 0.571. The molecule has 3 rings (SSSR count). The molecule has 0 bridgehead atoms. The molecule has 0 radical (unpaired) electrons. The van der Waals surface area contributed by atoms with Gasteiger partial charge >= 0.3 is 0 Å². The van der Waals surface area contributed by atoms with Crippen LogP contribution in [0.15, 0.2) is 12.1 Å². The fourth-order valence-corrected chi connectivity index (χ4v) is 3.98. The molecule has 0 amide bonds. The van der Waals surface area contributed by atoms with Gasteiger partial charge in [-0.25, -0.2) is 0 Å². The van der Waals surface area contributed by atoms with Gasteiger partial charge in [0.25, 0.3) is 0 Å². The lowest BCUT2D eigenvalue weighted by Gasteiger charge is -2.18. The Kier molecular flexibility index (Phi) is 3.44. The maximum absolute atomic E-state index is 9.97. The van der Waals surface area contributed by atoms with Crippen molar-refractivity contribution in [2.75, 3.05) is 13.1 Å². The van der Waals surface area contributed by atoms with Crippen molar-refractivity contribution in [1.29, 1.82) is 0 Å². The largest absolute Gasteiger partial charge is 0.506 e. The number of likely N-dealkylation sites (tertiary alicyclic amines) is 1. The summed E-state index contributed by atoms with van der Waals surface area (Å²) in [6.07, 6.45) is 4.12. The molecule has 0 spiro atoms. The molecule has 2 fully saturated rings. The Morgan fingerprint density at radius 3 is 2.50 bits per heavy atom. The molecule has 1 N–H and O–H groups in total. The maximum atomic E-state index is 9.97. The lowest BCUT2D eigenvalue weighted by molar-refractivity contribution is 0.298. The van der Waals surface area contributed by atoms with Crippen LogP contribution in [0.4, 0.5) is 0 Å². The first-order valence-electron chi connectivity index (χ1n) is 6.52. The van der Waals surface area contributed by atoms with Crippen LogP contribution in [-0.4, -0.2) is 23.1 Å². The molecule has 1 aliphatic heterocycles. The van der Waals surface area contributed by atoms with E-state index in [1.54, 1.807) is 6.07 Å². The molecule has 1 heterocycles. The third kappa shape index (κ3) is 2.34. The molecular weight excluding hydrogens is 269 g/mol. The first-order chi connectivity index (χ1) is 8.63. The summed E-state index contributed by atoms with van der Waals surface area (Å²) in [7, 11) is 0. The quantitative estimate of drug-likeness (QED) is 0.890. The third-order valence-corrected chi connectivity index (χ3v) is 4.81. The molecule has 4 heteroatoms. The average molecular weight is 286 g/mol. The molecular formula is C14H17Cl2NO. The Labute approximate surface area is 117 Å². The summed E-state index contributed by atoms with van der Waals surface area (Å²) in [5.41, 5.74) is 0.840. The van der Waals surface area contributed by atoms with Crippen molar-refractivity contribution < 1.29 is 5.11 Å². The molecule has 2 atom stereocenters. The Bertz CT molecular complexity index is 451. The number of aromatic hydroxyl groups is 1. The molecule has 1 aromatic rings. The molecule has 1 saturated heterocycles. The number of benzene rings is 1. The van der Waals surface area contributed by atoms with E-state index in [4.69, 9.17) is 23.2 Å². The van der Waals surface area contributed by atoms with Crippen LogP contribution in [0.5, 0.6) is 5.75 Å². The molecule has 0 aromatic heterocycles. The summed E-state index contributed by atoms with van der Waals surface area (Å²) in [6, 6.07) is 3.40. The number of hydrogen-bond donors (Lipinski definition) is 1. The van der Waals surface area contributed by atoms with Gasteiger partial charge in [0.2, 0.25) is 0 Å². The summed E-state index contributed by atoms with van der Waals surface area (Å²) in [4.78, 5) is 2.41. The second-order valence-electron chi connectivity index (χ2n) is 5.54. The van der Waals surface area contributed by atoms with Crippen molar-refractivity contribution in [2.24, 2.45) is 11.8 Å². The summed E-state index contributed by atoms with van der Waals surface area (Å²) in [5.74, 6) is 1.90. The van der Waals surface area contributed by atoms with Gasteiger partial charge < -0.3 is 5.11 Å². The van der Waals surface area contributed by atoms with Gasteiger partial charge in [0.05, 0.1) is 5.02 Å². The second-order valence-corrected chi connectivity index (χ2v) is 6.38. The monoisotopic (exact) mass is 285 g/mol. The first kappa shape index (κ1) is 12.6. The summed E-state index contributed by atoms with van der Waals surface area (Å²) < 4.78 is 0. The fourth-order valence-electron chi connectivity index (χ4n) is 3.44. The van der Waals surface area contributed by atoms with Crippen molar-refractivity contribution in [3.63, 3.8) is 0 Å². The van der Waals surface area contributed by atoms with Crippen LogP contribution >= 0.6 is 23.2 Å². The Morgan fingerprint density at radius 1 is 1.17 bits per heavy atom. The predicted molar refractivity (Wildman–Crippen MR) is 74.2 cm³/mol. The molecule has 2 aliphatic rings. The van der Waals surface area contributed by atoms with Gasteiger partial charge in [-0.1, -0.05) is 29.6 Å². The van der Waals surface area contributed by atoms with E-state index in [-0.39, 0.29) is 5.75 Å². The zero-order chi connectivity index (χ0) is 12.7. The van der Waals surface area contributed by atoms with Crippen LogP contribution in [0, 0.1) is 11.8 Å². The molecule has 2 unspecified atom stereocenters. The first-order valence-corrected chi connectivity index (χ1v) is 7.28. The molecule has 2 nitrogen and oxygen atoms in total. The van der Waals surface area contributed by atoms with Crippen LogP contribution in [0.2, 0.25) is 10.0 Å². The number of fused-ring (bicyclic) bond motifs is 1. The number of phenolic OH excluding ortho intramolecular Hbond substituents is 1. The van der Waals surface area contributed by atoms with Crippen LogP contribution in [0.25, 0.3) is 0 Å². The number of phenols is 1. The summed E-state index contributed by atoms with van der Waals surface area (Å²) in [5, 5.41) is 10.9. The predicted octanol–water partition coefficient (Wildman–Crippen LogP) is 3.93. The van der Waals surface area contributed by atoms with Crippen LogP contribution in [-0.2, 0) is 6.54 Å². The lowest BCUT2D eigenvalue weighted by atomic mass is 10.0. The van der Waals surface area contributed by atoms with E-state index in [1.165, 1.54) is 19.3 Å². The number of rotatable bonds is 2. The minimum atomic E-state index is 0.179. The second kappa shape index (κ2) is 4.92. The van der Waals surface area contributed by atoms with Gasteiger partial charge in [-0.05, 0) is 36.8 Å². The topological polar surface area (TPSA) is 23.5 Å². The van der Waals surface area contributed by atoms with Crippen molar-refractivity contribution >= 4 is 23.2 Å². The van der Waals surface area contributed by atoms with E-state index in [2.05, 4.69) is 4.90 Å². The van der Waals surface area contributed by atoms with Crippen molar-refractivity contribution in [1.82, 2.24) is 4.90 Å². The summed E-state index contributed by atoms with van der Waals surface area (Å²) >= 11 is 11.9. The van der Waals surface area contributed by atoms with Gasteiger partial charge in [0, 0.05) is 30.2 Å². The zero-order valence-electron chi connectivity index (χ0n) is 10.2. The summed E-state index contributed by atoms with van der Waals surface area (Å²) in [6.45, 7) is 3.04. The molecule has 18 heavy (non-hydrogen) atoms. The normalized spacial score (nSPS) is 27.7. The third-order valence-electron chi connectivity index (χ3n) is 4.30. The number of nitrogens with zero attached hydrogens (tertiary/aromatic N) is 1. The molecule has 1 saturated carbocycles. The van der Waals surface area contributed by atoms with Crippen LogP contribution in [0.3, 0.4) is 0 Å². The van der Waals surface area contributed by atoms with Crippen molar-refractivity contribution in [3.05, 3.63) is 27.7 Å². The smallest absolute Gasteiger partial charge is 0.138 e. The minimum absolute atomic E-state index is 0.179. The van der Waals surface area contributed by atoms with E-state index in [0.29, 0.717) is 10.0 Å². The molecule has 1 aliphatic carbocycles. The lowest BCUT2D eigenvalue weighted by Crippen LogP contribution is -2.21. The Hall–Kier alpha value is -0.440. The van der Waals surface area contributed by atoms with Gasteiger partial charge in [0.15, 0.2) is 0 Å². The van der Waals surface area contributed by atoms with E-state index in [9.17, 15) is 5.11 Å². The number of hydrogen-bond acceptors (Lipinski definition) is 2.